The molecule has 0 unspecified atom stereocenters. The lowest BCUT2D eigenvalue weighted by molar-refractivity contribution is -0.148. The molecule has 0 radical (unpaired) electrons. The highest BCUT2D eigenvalue weighted by atomic mass is 16.6. The average molecular weight is 707 g/mol. The van der Waals surface area contributed by atoms with Gasteiger partial charge in [0.25, 0.3) is 5.91 Å². The molecule has 5 rings (SSSR count). The molecule has 0 spiro atoms. The fraction of sp³-hybridized carbons (Fsp3) is 0.275. The number of carbonyl (C=O) groups excluding carboxylic acids is 5. The molecule has 4 aromatic carbocycles. The van der Waals surface area contributed by atoms with E-state index in [2.05, 4.69) is 21.3 Å². The molecule has 270 valence electrons. The van der Waals surface area contributed by atoms with Crippen LogP contribution in [0.1, 0.15) is 30.4 Å². The third-order valence-corrected chi connectivity index (χ3v) is 8.50. The first-order valence-corrected chi connectivity index (χ1v) is 17.1. The van der Waals surface area contributed by atoms with Gasteiger partial charge in [-0.15, -0.1) is 0 Å². The summed E-state index contributed by atoms with van der Waals surface area (Å²) in [6.07, 6.45) is 2.64. The van der Waals surface area contributed by atoms with Gasteiger partial charge in [-0.2, -0.15) is 0 Å². The number of cyclic esters (lactones) is 1. The Morgan fingerprint density at radius 2 is 1.52 bits per heavy atom. The van der Waals surface area contributed by atoms with Crippen molar-refractivity contribution in [3.63, 3.8) is 0 Å². The largest absolute Gasteiger partial charge is 0.461 e. The number of benzene rings is 4. The minimum atomic E-state index is -1.34. The highest BCUT2D eigenvalue weighted by molar-refractivity contribution is 6.00. The molecule has 52 heavy (non-hydrogen) atoms. The molecule has 4 amide bonds. The highest BCUT2D eigenvalue weighted by Gasteiger charge is 2.31. The van der Waals surface area contributed by atoms with Crippen molar-refractivity contribution in [2.75, 3.05) is 18.5 Å². The van der Waals surface area contributed by atoms with E-state index in [0.29, 0.717) is 12.1 Å². The zero-order valence-corrected chi connectivity index (χ0v) is 28.5. The minimum absolute atomic E-state index is 0.00256. The van der Waals surface area contributed by atoms with E-state index in [1.165, 1.54) is 0 Å². The van der Waals surface area contributed by atoms with Crippen LogP contribution in [-0.4, -0.2) is 66.2 Å². The van der Waals surface area contributed by atoms with E-state index < -0.39 is 60.4 Å². The topological polar surface area (TPSA) is 172 Å². The van der Waals surface area contributed by atoms with Gasteiger partial charge in [0.2, 0.25) is 11.8 Å². The molecular formula is C40H42N4O8. The first-order chi connectivity index (χ1) is 25.3. The molecule has 0 aromatic heterocycles. The first kappa shape index (κ1) is 37.3. The van der Waals surface area contributed by atoms with Gasteiger partial charge in [0, 0.05) is 12.1 Å². The van der Waals surface area contributed by atoms with Crippen molar-refractivity contribution >= 4 is 46.2 Å². The lowest BCUT2D eigenvalue weighted by Crippen LogP contribution is -2.51. The zero-order valence-electron chi connectivity index (χ0n) is 28.5. The lowest BCUT2D eigenvalue weighted by atomic mass is 9.97. The summed E-state index contributed by atoms with van der Waals surface area (Å²) in [5, 5.41) is 22.6. The SMILES string of the molecule is O=C(C[C@H]1CC=CC[C@@H](NC(=O)OCc2ccccc2)C(=O)OC[C@@H](C(=O)Nc2ccc3ccccc3c2)NC1=O)N[C@@H](CO)Cc1ccccc1. The lowest BCUT2D eigenvalue weighted by Gasteiger charge is -2.24. The van der Waals surface area contributed by atoms with E-state index in [1.54, 1.807) is 36.4 Å². The number of aliphatic hydroxyl groups is 1. The summed E-state index contributed by atoms with van der Waals surface area (Å²) in [6.45, 7) is -0.866. The number of rotatable bonds is 11. The van der Waals surface area contributed by atoms with Crippen LogP contribution in [0.3, 0.4) is 0 Å². The van der Waals surface area contributed by atoms with Gasteiger partial charge in [0.1, 0.15) is 25.3 Å². The summed E-state index contributed by atoms with van der Waals surface area (Å²) in [4.78, 5) is 66.4. The summed E-state index contributed by atoms with van der Waals surface area (Å²) in [5.74, 6) is -3.45. The second-order valence-electron chi connectivity index (χ2n) is 12.5. The van der Waals surface area contributed by atoms with Crippen molar-refractivity contribution < 1.29 is 38.6 Å². The zero-order chi connectivity index (χ0) is 36.7. The molecular weight excluding hydrogens is 664 g/mol. The molecule has 4 aromatic rings. The maximum absolute atomic E-state index is 13.7. The maximum Gasteiger partial charge on any atom is 0.408 e. The second kappa shape index (κ2) is 18.8. The van der Waals surface area contributed by atoms with Gasteiger partial charge in [-0.25, -0.2) is 9.59 Å². The average Bonchev–Trinajstić information content (AvgIpc) is 3.16. The number of aliphatic hydroxyl groups excluding tert-OH is 1. The van der Waals surface area contributed by atoms with E-state index in [1.807, 2.05) is 78.9 Å². The Hall–Kier alpha value is -6.01. The Balaban J connectivity index is 1.31. The van der Waals surface area contributed by atoms with Gasteiger partial charge in [-0.1, -0.05) is 103 Å². The summed E-state index contributed by atoms with van der Waals surface area (Å²) < 4.78 is 10.8. The van der Waals surface area contributed by atoms with Crippen LogP contribution in [0.25, 0.3) is 10.8 Å². The number of ether oxygens (including phenoxy) is 2. The Bertz CT molecular complexity index is 1870. The Morgan fingerprint density at radius 1 is 0.846 bits per heavy atom. The smallest absolute Gasteiger partial charge is 0.408 e. The predicted octanol–water partition coefficient (Wildman–Crippen LogP) is 4.18. The number of fused-ring (bicyclic) bond motifs is 1. The van der Waals surface area contributed by atoms with Crippen LogP contribution >= 0.6 is 0 Å². The number of amides is 4. The summed E-state index contributed by atoms with van der Waals surface area (Å²) >= 11 is 0. The van der Waals surface area contributed by atoms with Crippen LogP contribution in [0.4, 0.5) is 10.5 Å². The first-order valence-electron chi connectivity index (χ1n) is 17.1. The number of nitrogens with one attached hydrogen (secondary N) is 4. The van der Waals surface area contributed by atoms with Crippen molar-refractivity contribution in [2.24, 2.45) is 5.92 Å². The molecule has 12 heteroatoms. The van der Waals surface area contributed by atoms with Gasteiger partial charge in [0.15, 0.2) is 0 Å². The van der Waals surface area contributed by atoms with Crippen LogP contribution in [-0.2, 0) is 41.7 Å². The molecule has 1 heterocycles. The van der Waals surface area contributed by atoms with Crippen LogP contribution in [0, 0.1) is 5.92 Å². The van der Waals surface area contributed by atoms with Crippen LogP contribution in [0.2, 0.25) is 0 Å². The molecule has 0 bridgehead atoms. The summed E-state index contributed by atoms with van der Waals surface area (Å²) in [7, 11) is 0. The van der Waals surface area contributed by atoms with Gasteiger partial charge in [-0.3, -0.25) is 14.4 Å². The Morgan fingerprint density at radius 3 is 2.25 bits per heavy atom. The third-order valence-electron chi connectivity index (χ3n) is 8.50. The number of hydrogen-bond acceptors (Lipinski definition) is 8. The molecule has 1 aliphatic heterocycles. The molecule has 1 aliphatic rings. The normalized spacial score (nSPS) is 18.4. The summed E-state index contributed by atoms with van der Waals surface area (Å²) in [5.41, 5.74) is 2.15. The molecule has 0 fully saturated rings. The predicted molar refractivity (Wildman–Crippen MR) is 195 cm³/mol. The molecule has 0 aliphatic carbocycles. The van der Waals surface area contributed by atoms with E-state index in [0.717, 1.165) is 21.9 Å². The number of allylic oxidation sites excluding steroid dienone is 1. The number of anilines is 1. The molecule has 5 N–H and O–H groups in total. The number of alkyl carbamates (subject to hydrolysis) is 1. The van der Waals surface area contributed by atoms with Gasteiger partial charge < -0.3 is 35.8 Å². The van der Waals surface area contributed by atoms with E-state index in [-0.39, 0.29) is 32.5 Å². The van der Waals surface area contributed by atoms with Crippen LogP contribution < -0.4 is 21.3 Å². The number of carbonyl (C=O) groups is 5. The fourth-order valence-electron chi connectivity index (χ4n) is 5.70. The van der Waals surface area contributed by atoms with Gasteiger partial charge >= 0.3 is 12.1 Å². The van der Waals surface area contributed by atoms with Crippen LogP contribution in [0.5, 0.6) is 0 Å². The Labute approximate surface area is 301 Å². The van der Waals surface area contributed by atoms with Crippen molar-refractivity contribution in [1.82, 2.24) is 16.0 Å². The molecule has 4 atom stereocenters. The summed E-state index contributed by atoms with van der Waals surface area (Å²) in [6, 6.07) is 28.3. The van der Waals surface area contributed by atoms with Crippen LogP contribution in [0.15, 0.2) is 115 Å². The highest BCUT2D eigenvalue weighted by Crippen LogP contribution is 2.20. The quantitative estimate of drug-likeness (QED) is 0.114. The molecule has 12 nitrogen and oxygen atoms in total. The van der Waals surface area contributed by atoms with E-state index >= 15 is 0 Å². The van der Waals surface area contributed by atoms with Gasteiger partial charge in [0.05, 0.1) is 18.6 Å². The van der Waals surface area contributed by atoms with Gasteiger partial charge in [-0.05, 0) is 53.3 Å². The van der Waals surface area contributed by atoms with Crippen molar-refractivity contribution in [3.05, 3.63) is 126 Å². The molecule has 0 saturated carbocycles. The second-order valence-corrected chi connectivity index (χ2v) is 12.5. The fourth-order valence-corrected chi connectivity index (χ4v) is 5.70. The van der Waals surface area contributed by atoms with Crippen molar-refractivity contribution in [1.29, 1.82) is 0 Å². The monoisotopic (exact) mass is 706 g/mol. The minimum Gasteiger partial charge on any atom is -0.461 e. The standard InChI is InChI=1S/C40H42N4O8/c45-24-33(21-27-11-3-1-4-12-27)41-36(46)23-31-17-9-10-18-34(44-40(50)52-25-28-13-5-2-6-14-28)39(49)51-26-35(43-37(31)47)38(48)42-32-20-19-29-15-7-8-16-30(29)22-32/h1-16,19-20,22,31,33-35,45H,17-18,21,23-26H2,(H,41,46)(H,42,48)(H,43,47)(H,44,50)/t31-,33-,34-,35+/m1/s1. The third kappa shape index (κ3) is 11.3. The van der Waals surface area contributed by atoms with E-state index in [4.69, 9.17) is 9.47 Å². The molecule has 0 saturated heterocycles. The van der Waals surface area contributed by atoms with Crippen molar-refractivity contribution in [3.8, 4) is 0 Å². The number of esters is 1. The van der Waals surface area contributed by atoms with Crippen molar-refractivity contribution in [2.45, 2.75) is 50.4 Å². The number of hydrogen-bond donors (Lipinski definition) is 5. The van der Waals surface area contributed by atoms with E-state index in [9.17, 15) is 29.1 Å². The maximum atomic E-state index is 13.7. The Kier molecular flexibility index (Phi) is 13.5.